The summed E-state index contributed by atoms with van der Waals surface area (Å²) in [6.07, 6.45) is 3.84. The van der Waals surface area contributed by atoms with Crippen LogP contribution < -0.4 is 5.32 Å². The molecule has 0 spiro atoms. The zero-order valence-corrected chi connectivity index (χ0v) is 11.8. The topological polar surface area (TPSA) is 38.3 Å². The van der Waals surface area contributed by atoms with Crippen LogP contribution in [0, 0.1) is 5.41 Å². The van der Waals surface area contributed by atoms with E-state index in [0.717, 1.165) is 12.1 Å². The molecule has 1 fully saturated rings. The van der Waals surface area contributed by atoms with Gasteiger partial charge in [-0.15, -0.1) is 0 Å². The third-order valence-corrected chi connectivity index (χ3v) is 4.24. The molecule has 1 aliphatic carbocycles. The van der Waals surface area contributed by atoms with Crippen LogP contribution in [0.5, 0.6) is 0 Å². The fraction of sp³-hybridized carbons (Fsp3) is 0.562. The zero-order valence-electron chi connectivity index (χ0n) is 11.8. The molecular formula is C16H23NO2. The smallest absolute Gasteiger partial charge is 0.314 e. The normalized spacial score (nSPS) is 17.8. The molecule has 3 heteroatoms. The number of nitrogens with one attached hydrogen (secondary N) is 1. The number of methoxy groups -OCH3 is 1. The summed E-state index contributed by atoms with van der Waals surface area (Å²) in [5.41, 5.74) is 1.51. The number of hydrogen-bond donors (Lipinski definition) is 1. The second-order valence-electron chi connectivity index (χ2n) is 5.47. The molecule has 1 N–H and O–H groups in total. The lowest BCUT2D eigenvalue weighted by Gasteiger charge is -2.18. The summed E-state index contributed by atoms with van der Waals surface area (Å²) >= 11 is 0. The molecule has 2 rings (SSSR count). The Morgan fingerprint density at radius 2 is 2.05 bits per heavy atom. The highest BCUT2D eigenvalue weighted by atomic mass is 16.5. The Labute approximate surface area is 115 Å². The van der Waals surface area contributed by atoms with Gasteiger partial charge in [0.15, 0.2) is 0 Å². The first-order chi connectivity index (χ1) is 9.21. The first-order valence-corrected chi connectivity index (χ1v) is 7.04. The van der Waals surface area contributed by atoms with Crippen molar-refractivity contribution < 1.29 is 9.53 Å². The summed E-state index contributed by atoms with van der Waals surface area (Å²) in [6, 6.07) is 9.84. The van der Waals surface area contributed by atoms with Gasteiger partial charge in [-0.1, -0.05) is 37.3 Å². The zero-order chi connectivity index (χ0) is 13.7. The molecule has 0 amide bonds. The highest BCUT2D eigenvalue weighted by Crippen LogP contribution is 2.47. The van der Waals surface area contributed by atoms with E-state index in [9.17, 15) is 4.79 Å². The molecule has 0 aromatic heterocycles. The van der Waals surface area contributed by atoms with Crippen LogP contribution in [0.3, 0.4) is 0 Å². The Hall–Kier alpha value is -1.35. The van der Waals surface area contributed by atoms with Gasteiger partial charge in [0, 0.05) is 13.1 Å². The van der Waals surface area contributed by atoms with E-state index in [1.165, 1.54) is 26.4 Å². The molecule has 0 aliphatic heterocycles. The third kappa shape index (κ3) is 3.57. The molecule has 0 bridgehead atoms. The predicted octanol–water partition coefficient (Wildman–Crippen LogP) is 2.72. The third-order valence-electron chi connectivity index (χ3n) is 4.24. The van der Waals surface area contributed by atoms with Crippen molar-refractivity contribution in [3.8, 4) is 0 Å². The average Bonchev–Trinajstić information content (AvgIpc) is 3.24. The summed E-state index contributed by atoms with van der Waals surface area (Å²) in [7, 11) is 1.45. The lowest BCUT2D eigenvalue weighted by atomic mass is 9.98. The van der Waals surface area contributed by atoms with Gasteiger partial charge in [0.2, 0.25) is 0 Å². The van der Waals surface area contributed by atoms with Gasteiger partial charge in [0.05, 0.1) is 13.0 Å². The van der Waals surface area contributed by atoms with E-state index in [0.29, 0.717) is 12.0 Å². The SMILES string of the molecule is CCC1(CNCC(C(=O)OC)c2ccccc2)CC1. The summed E-state index contributed by atoms with van der Waals surface area (Å²) < 4.78 is 4.91. The molecule has 1 aromatic carbocycles. The quantitative estimate of drug-likeness (QED) is 0.767. The molecule has 1 aliphatic rings. The standard InChI is InChI=1S/C16H23NO2/c1-3-16(9-10-16)12-17-11-14(15(18)19-2)13-7-5-4-6-8-13/h4-8,14,17H,3,9-12H2,1-2H3. The summed E-state index contributed by atoms with van der Waals surface area (Å²) in [6.45, 7) is 3.89. The number of hydrogen-bond acceptors (Lipinski definition) is 3. The largest absolute Gasteiger partial charge is 0.469 e. The Bertz CT molecular complexity index is 412. The molecule has 0 saturated heterocycles. The van der Waals surface area contributed by atoms with Crippen molar-refractivity contribution in [2.75, 3.05) is 20.2 Å². The fourth-order valence-electron chi connectivity index (χ4n) is 2.48. The average molecular weight is 261 g/mol. The van der Waals surface area contributed by atoms with E-state index < -0.39 is 0 Å². The molecular weight excluding hydrogens is 238 g/mol. The maximum Gasteiger partial charge on any atom is 0.314 e. The predicted molar refractivity (Wildman–Crippen MR) is 76.0 cm³/mol. The van der Waals surface area contributed by atoms with Crippen molar-refractivity contribution in [2.45, 2.75) is 32.1 Å². The monoisotopic (exact) mass is 261 g/mol. The van der Waals surface area contributed by atoms with E-state index in [4.69, 9.17) is 4.74 Å². The Balaban J connectivity index is 1.93. The second kappa shape index (κ2) is 6.20. The van der Waals surface area contributed by atoms with Gasteiger partial charge in [0.25, 0.3) is 0 Å². The summed E-state index contributed by atoms with van der Waals surface area (Å²) in [4.78, 5) is 11.9. The first-order valence-electron chi connectivity index (χ1n) is 7.04. The lowest BCUT2D eigenvalue weighted by molar-refractivity contribution is -0.142. The van der Waals surface area contributed by atoms with Crippen molar-refractivity contribution in [3.05, 3.63) is 35.9 Å². The minimum absolute atomic E-state index is 0.167. The number of esters is 1. The van der Waals surface area contributed by atoms with Crippen molar-refractivity contribution in [1.82, 2.24) is 5.32 Å². The molecule has 3 nitrogen and oxygen atoms in total. The Morgan fingerprint density at radius 3 is 2.58 bits per heavy atom. The maximum absolute atomic E-state index is 11.9. The van der Waals surface area contributed by atoms with Crippen molar-refractivity contribution in [3.63, 3.8) is 0 Å². The number of ether oxygens (including phenoxy) is 1. The number of rotatable bonds is 7. The second-order valence-corrected chi connectivity index (χ2v) is 5.47. The number of carbonyl (C=O) groups is 1. The van der Waals surface area contributed by atoms with Gasteiger partial charge in [-0.05, 0) is 30.2 Å². The Morgan fingerprint density at radius 1 is 1.37 bits per heavy atom. The number of carbonyl (C=O) groups excluding carboxylic acids is 1. The molecule has 0 radical (unpaired) electrons. The van der Waals surface area contributed by atoms with Crippen LogP contribution in [0.4, 0.5) is 0 Å². The van der Waals surface area contributed by atoms with Crippen LogP contribution >= 0.6 is 0 Å². The minimum Gasteiger partial charge on any atom is -0.469 e. The summed E-state index contributed by atoms with van der Waals surface area (Å²) in [5, 5.41) is 3.45. The molecule has 19 heavy (non-hydrogen) atoms. The van der Waals surface area contributed by atoms with Crippen molar-refractivity contribution >= 4 is 5.97 Å². The van der Waals surface area contributed by atoms with Gasteiger partial charge in [0.1, 0.15) is 0 Å². The van der Waals surface area contributed by atoms with Crippen molar-refractivity contribution in [1.29, 1.82) is 0 Å². The molecule has 104 valence electrons. The fourth-order valence-corrected chi connectivity index (χ4v) is 2.48. The van der Waals surface area contributed by atoms with E-state index in [-0.39, 0.29) is 11.9 Å². The van der Waals surface area contributed by atoms with Gasteiger partial charge < -0.3 is 10.1 Å². The molecule has 1 saturated carbocycles. The van der Waals surface area contributed by atoms with Crippen LogP contribution in [0.15, 0.2) is 30.3 Å². The molecule has 0 heterocycles. The van der Waals surface area contributed by atoms with Gasteiger partial charge in [-0.3, -0.25) is 4.79 Å². The van der Waals surface area contributed by atoms with Crippen LogP contribution in [0.25, 0.3) is 0 Å². The van der Waals surface area contributed by atoms with E-state index in [1.54, 1.807) is 0 Å². The minimum atomic E-state index is -0.209. The van der Waals surface area contributed by atoms with Crippen LogP contribution in [-0.2, 0) is 9.53 Å². The maximum atomic E-state index is 11.9. The van der Waals surface area contributed by atoms with Gasteiger partial charge in [-0.25, -0.2) is 0 Å². The van der Waals surface area contributed by atoms with Gasteiger partial charge >= 0.3 is 5.97 Å². The number of benzene rings is 1. The van der Waals surface area contributed by atoms with Crippen LogP contribution in [-0.4, -0.2) is 26.2 Å². The van der Waals surface area contributed by atoms with Gasteiger partial charge in [-0.2, -0.15) is 0 Å². The molecule has 1 atom stereocenters. The highest BCUT2D eigenvalue weighted by molar-refractivity contribution is 5.78. The Kier molecular flexibility index (Phi) is 4.59. The first kappa shape index (κ1) is 14.1. The van der Waals surface area contributed by atoms with Crippen LogP contribution in [0.2, 0.25) is 0 Å². The molecule has 1 unspecified atom stereocenters. The van der Waals surface area contributed by atoms with Crippen molar-refractivity contribution in [2.24, 2.45) is 5.41 Å². The van der Waals surface area contributed by atoms with E-state index >= 15 is 0 Å². The van der Waals surface area contributed by atoms with Crippen LogP contribution in [0.1, 0.15) is 37.7 Å². The van der Waals surface area contributed by atoms with E-state index in [2.05, 4.69) is 12.2 Å². The lowest BCUT2D eigenvalue weighted by Crippen LogP contribution is -2.31. The highest BCUT2D eigenvalue weighted by Gasteiger charge is 2.40. The summed E-state index contributed by atoms with van der Waals surface area (Å²) in [5.74, 6) is -0.376. The molecule has 1 aromatic rings. The van der Waals surface area contributed by atoms with E-state index in [1.807, 2.05) is 30.3 Å².